The van der Waals surface area contributed by atoms with Gasteiger partial charge < -0.3 is 15.7 Å². The molecule has 0 heterocycles. The molecule has 1 amide bonds. The van der Waals surface area contributed by atoms with Crippen LogP contribution < -0.4 is 5.73 Å². The fourth-order valence-electron chi connectivity index (χ4n) is 1.68. The number of benzene rings is 1. The first-order valence-electron chi connectivity index (χ1n) is 5.58. The van der Waals surface area contributed by atoms with Gasteiger partial charge in [0.2, 0.25) is 0 Å². The second kappa shape index (κ2) is 5.46. The van der Waals surface area contributed by atoms with E-state index >= 15 is 0 Å². The van der Waals surface area contributed by atoms with Crippen LogP contribution in [0.2, 0.25) is 0 Å². The van der Waals surface area contributed by atoms with Gasteiger partial charge in [-0.05, 0) is 26.0 Å². The largest absolute Gasteiger partial charge is 0.389 e. The first-order valence-corrected chi connectivity index (χ1v) is 5.99. The Balaban J connectivity index is 2.90. The first-order chi connectivity index (χ1) is 8.20. The molecule has 1 aromatic rings. The standard InChI is InChI=1S/C13H18N2O2S/c1-13(2,17)8-15(3)12(16)10-6-4-5-9(7-10)11(14)18/h4-7,17H,8H2,1-3H3,(H2,14,18). The zero-order valence-corrected chi connectivity index (χ0v) is 11.6. The van der Waals surface area contributed by atoms with Crippen molar-refractivity contribution < 1.29 is 9.90 Å². The molecule has 0 aliphatic heterocycles. The van der Waals surface area contributed by atoms with Crippen LogP contribution in [0.4, 0.5) is 0 Å². The van der Waals surface area contributed by atoms with E-state index in [1.807, 2.05) is 0 Å². The summed E-state index contributed by atoms with van der Waals surface area (Å²) in [7, 11) is 1.65. The van der Waals surface area contributed by atoms with Crippen molar-refractivity contribution in [3.63, 3.8) is 0 Å². The third-order valence-electron chi connectivity index (χ3n) is 2.36. The molecule has 1 aromatic carbocycles. The van der Waals surface area contributed by atoms with E-state index in [0.717, 1.165) is 0 Å². The number of nitrogens with zero attached hydrogens (tertiary/aromatic N) is 1. The van der Waals surface area contributed by atoms with Gasteiger partial charge in [0.25, 0.3) is 5.91 Å². The Kier molecular flexibility index (Phi) is 4.43. The Bertz CT molecular complexity index is 466. The van der Waals surface area contributed by atoms with Crippen LogP contribution in [0, 0.1) is 0 Å². The van der Waals surface area contributed by atoms with Crippen molar-refractivity contribution in [1.82, 2.24) is 4.90 Å². The van der Waals surface area contributed by atoms with Gasteiger partial charge in [-0.3, -0.25) is 4.79 Å². The highest BCUT2D eigenvalue weighted by molar-refractivity contribution is 7.80. The lowest BCUT2D eigenvalue weighted by Crippen LogP contribution is -2.39. The minimum Gasteiger partial charge on any atom is -0.389 e. The molecule has 0 bridgehead atoms. The number of likely N-dealkylation sites (N-methyl/N-ethyl adjacent to an activating group) is 1. The highest BCUT2D eigenvalue weighted by atomic mass is 32.1. The van der Waals surface area contributed by atoms with Crippen molar-refractivity contribution in [3.8, 4) is 0 Å². The van der Waals surface area contributed by atoms with E-state index in [1.165, 1.54) is 4.90 Å². The minimum absolute atomic E-state index is 0.171. The summed E-state index contributed by atoms with van der Waals surface area (Å²) in [5, 5.41) is 9.69. The lowest BCUT2D eigenvalue weighted by atomic mass is 10.1. The first kappa shape index (κ1) is 14.6. The van der Waals surface area contributed by atoms with Crippen LogP contribution in [0.1, 0.15) is 29.8 Å². The molecule has 0 saturated carbocycles. The van der Waals surface area contributed by atoms with Crippen LogP contribution in [0.25, 0.3) is 0 Å². The Morgan fingerprint density at radius 1 is 1.44 bits per heavy atom. The number of rotatable bonds is 4. The van der Waals surface area contributed by atoms with Crippen LogP contribution in [0.5, 0.6) is 0 Å². The van der Waals surface area contributed by atoms with Gasteiger partial charge in [0.15, 0.2) is 0 Å². The van der Waals surface area contributed by atoms with Crippen molar-refractivity contribution in [2.75, 3.05) is 13.6 Å². The minimum atomic E-state index is -0.925. The molecule has 0 aromatic heterocycles. The summed E-state index contributed by atoms with van der Waals surface area (Å²) in [5.41, 5.74) is 5.77. The number of carbonyl (C=O) groups is 1. The summed E-state index contributed by atoms with van der Waals surface area (Å²) in [6.45, 7) is 3.56. The molecule has 0 aliphatic rings. The average Bonchev–Trinajstić information content (AvgIpc) is 2.26. The lowest BCUT2D eigenvalue weighted by molar-refractivity contribution is 0.0368. The molecule has 0 radical (unpaired) electrons. The second-order valence-corrected chi connectivity index (χ2v) is 5.36. The molecule has 0 fully saturated rings. The van der Waals surface area contributed by atoms with Crippen molar-refractivity contribution in [2.45, 2.75) is 19.4 Å². The van der Waals surface area contributed by atoms with E-state index in [0.29, 0.717) is 11.1 Å². The molecule has 0 unspecified atom stereocenters. The summed E-state index contributed by atoms with van der Waals surface area (Å²) in [6.07, 6.45) is 0. The second-order valence-electron chi connectivity index (χ2n) is 4.92. The molecule has 0 spiro atoms. The Morgan fingerprint density at radius 3 is 2.50 bits per heavy atom. The van der Waals surface area contributed by atoms with Gasteiger partial charge in [-0.1, -0.05) is 24.4 Å². The van der Waals surface area contributed by atoms with E-state index in [2.05, 4.69) is 0 Å². The number of amides is 1. The maximum absolute atomic E-state index is 12.1. The van der Waals surface area contributed by atoms with Gasteiger partial charge in [-0.15, -0.1) is 0 Å². The Labute approximate surface area is 112 Å². The van der Waals surface area contributed by atoms with E-state index in [1.54, 1.807) is 45.2 Å². The molecule has 0 saturated heterocycles. The summed E-state index contributed by atoms with van der Waals surface area (Å²) >= 11 is 4.87. The molecule has 0 atom stereocenters. The predicted octanol–water partition coefficient (Wildman–Crippen LogP) is 1.16. The van der Waals surface area contributed by atoms with Gasteiger partial charge in [0, 0.05) is 24.7 Å². The smallest absolute Gasteiger partial charge is 0.253 e. The molecule has 3 N–H and O–H groups in total. The van der Waals surface area contributed by atoms with Crippen molar-refractivity contribution in [2.24, 2.45) is 5.73 Å². The summed E-state index contributed by atoms with van der Waals surface area (Å²) in [4.78, 5) is 13.9. The molecule has 4 nitrogen and oxygen atoms in total. The summed E-state index contributed by atoms with van der Waals surface area (Å²) < 4.78 is 0. The molecular weight excluding hydrogens is 248 g/mol. The Hall–Kier alpha value is -1.46. The van der Waals surface area contributed by atoms with Crippen molar-refractivity contribution in [1.29, 1.82) is 0 Å². The molecule has 98 valence electrons. The highest BCUT2D eigenvalue weighted by Crippen LogP contribution is 2.10. The predicted molar refractivity (Wildman–Crippen MR) is 75.6 cm³/mol. The SMILES string of the molecule is CN(CC(C)(C)O)C(=O)c1cccc(C(N)=S)c1. The number of nitrogens with two attached hydrogens (primary N) is 1. The fourth-order valence-corrected chi connectivity index (χ4v) is 1.81. The van der Waals surface area contributed by atoms with Crippen LogP contribution in [0.15, 0.2) is 24.3 Å². The number of hydrogen-bond donors (Lipinski definition) is 2. The zero-order valence-electron chi connectivity index (χ0n) is 10.8. The third kappa shape index (κ3) is 4.09. The maximum Gasteiger partial charge on any atom is 0.253 e. The van der Waals surface area contributed by atoms with Gasteiger partial charge >= 0.3 is 0 Å². The zero-order chi connectivity index (χ0) is 13.9. The fraction of sp³-hybridized carbons (Fsp3) is 0.385. The van der Waals surface area contributed by atoms with Crippen LogP contribution >= 0.6 is 12.2 Å². The quantitative estimate of drug-likeness (QED) is 0.803. The molecule has 0 aliphatic carbocycles. The summed E-state index contributed by atoms with van der Waals surface area (Å²) in [5.74, 6) is -0.171. The van der Waals surface area contributed by atoms with Gasteiger partial charge in [0.1, 0.15) is 4.99 Å². The van der Waals surface area contributed by atoms with Gasteiger partial charge in [0.05, 0.1) is 5.60 Å². The van der Waals surface area contributed by atoms with Crippen LogP contribution in [-0.2, 0) is 0 Å². The van der Waals surface area contributed by atoms with Crippen LogP contribution in [-0.4, -0.2) is 40.1 Å². The van der Waals surface area contributed by atoms with Crippen LogP contribution in [0.3, 0.4) is 0 Å². The maximum atomic E-state index is 12.1. The molecular formula is C13H18N2O2S. The number of aliphatic hydroxyl groups is 1. The Morgan fingerprint density at radius 2 is 2.00 bits per heavy atom. The van der Waals surface area contributed by atoms with E-state index in [-0.39, 0.29) is 17.4 Å². The normalized spacial score (nSPS) is 11.1. The van der Waals surface area contributed by atoms with Gasteiger partial charge in [-0.25, -0.2) is 0 Å². The summed E-state index contributed by atoms with van der Waals surface area (Å²) in [6, 6.07) is 6.85. The van der Waals surface area contributed by atoms with Crippen molar-refractivity contribution >= 4 is 23.1 Å². The van der Waals surface area contributed by atoms with E-state index in [9.17, 15) is 9.90 Å². The monoisotopic (exact) mass is 266 g/mol. The number of hydrogen-bond acceptors (Lipinski definition) is 3. The van der Waals surface area contributed by atoms with E-state index < -0.39 is 5.60 Å². The van der Waals surface area contributed by atoms with Gasteiger partial charge in [-0.2, -0.15) is 0 Å². The molecule has 1 rings (SSSR count). The highest BCUT2D eigenvalue weighted by Gasteiger charge is 2.20. The van der Waals surface area contributed by atoms with Crippen molar-refractivity contribution in [3.05, 3.63) is 35.4 Å². The average molecular weight is 266 g/mol. The number of thiocarbonyl (C=S) groups is 1. The number of carbonyl (C=O) groups excluding carboxylic acids is 1. The molecule has 5 heteroatoms. The topological polar surface area (TPSA) is 66.6 Å². The lowest BCUT2D eigenvalue weighted by Gasteiger charge is -2.25. The molecule has 18 heavy (non-hydrogen) atoms. The van der Waals surface area contributed by atoms with E-state index in [4.69, 9.17) is 18.0 Å². The third-order valence-corrected chi connectivity index (χ3v) is 2.60.